The third-order valence-corrected chi connectivity index (χ3v) is 5.45. The predicted molar refractivity (Wildman–Crippen MR) is 71.9 cm³/mol. The number of nitrogens with one attached hydrogen (secondary N) is 1. The van der Waals surface area contributed by atoms with Crippen molar-refractivity contribution in [2.24, 2.45) is 5.92 Å². The number of rotatable bonds is 7. The van der Waals surface area contributed by atoms with Gasteiger partial charge < -0.3 is 5.32 Å². The Kier molecular flexibility index (Phi) is 6.74. The van der Waals surface area contributed by atoms with Gasteiger partial charge in [-0.25, -0.2) is 12.7 Å². The van der Waals surface area contributed by atoms with Crippen molar-refractivity contribution in [3.8, 4) is 0 Å². The standard InChI is InChI=1S/C12H23F3N2O2S/c1-2-6-16-7-3-10-20(18,19)17-8-4-11(5-9-17)12(13,14)15/h11,16H,2-10H2,1H3. The lowest BCUT2D eigenvalue weighted by molar-refractivity contribution is -0.182. The maximum Gasteiger partial charge on any atom is 0.391 e. The van der Waals surface area contributed by atoms with E-state index in [0.29, 0.717) is 13.0 Å². The third-order valence-electron chi connectivity index (χ3n) is 3.49. The zero-order valence-corrected chi connectivity index (χ0v) is 12.6. The Morgan fingerprint density at radius 3 is 2.30 bits per heavy atom. The number of nitrogens with zero attached hydrogens (tertiary/aromatic N) is 1. The Labute approximate surface area is 118 Å². The van der Waals surface area contributed by atoms with Crippen LogP contribution in [0.25, 0.3) is 0 Å². The van der Waals surface area contributed by atoms with E-state index < -0.39 is 22.1 Å². The topological polar surface area (TPSA) is 49.4 Å². The van der Waals surface area contributed by atoms with E-state index in [4.69, 9.17) is 0 Å². The molecule has 1 heterocycles. The van der Waals surface area contributed by atoms with Crippen LogP contribution < -0.4 is 5.32 Å². The van der Waals surface area contributed by atoms with Crippen LogP contribution >= 0.6 is 0 Å². The van der Waals surface area contributed by atoms with Crippen LogP contribution in [0.1, 0.15) is 32.6 Å². The molecule has 1 aliphatic rings. The molecule has 1 fully saturated rings. The normalized spacial score (nSPS) is 19.4. The Morgan fingerprint density at radius 2 is 1.80 bits per heavy atom. The highest BCUT2D eigenvalue weighted by molar-refractivity contribution is 7.89. The van der Waals surface area contributed by atoms with Crippen molar-refractivity contribution in [1.82, 2.24) is 9.62 Å². The quantitative estimate of drug-likeness (QED) is 0.731. The molecule has 120 valence electrons. The number of hydrogen-bond donors (Lipinski definition) is 1. The third kappa shape index (κ3) is 5.57. The number of halogens is 3. The zero-order valence-electron chi connectivity index (χ0n) is 11.7. The smallest absolute Gasteiger partial charge is 0.317 e. The van der Waals surface area contributed by atoms with Gasteiger partial charge in [-0.2, -0.15) is 13.2 Å². The molecule has 1 rings (SSSR count). The van der Waals surface area contributed by atoms with Gasteiger partial charge in [0.1, 0.15) is 0 Å². The average molecular weight is 316 g/mol. The summed E-state index contributed by atoms with van der Waals surface area (Å²) in [7, 11) is -3.41. The zero-order chi connectivity index (χ0) is 15.2. The number of hydrogen-bond acceptors (Lipinski definition) is 3. The van der Waals surface area contributed by atoms with Crippen LogP contribution in [0.2, 0.25) is 0 Å². The molecule has 4 nitrogen and oxygen atoms in total. The summed E-state index contributed by atoms with van der Waals surface area (Å²) in [6, 6.07) is 0. The van der Waals surface area contributed by atoms with E-state index in [2.05, 4.69) is 5.32 Å². The molecule has 0 aromatic carbocycles. The molecular weight excluding hydrogens is 293 g/mol. The van der Waals surface area contributed by atoms with E-state index in [1.807, 2.05) is 6.92 Å². The molecule has 0 atom stereocenters. The first-order valence-corrected chi connectivity index (χ1v) is 8.63. The highest BCUT2D eigenvalue weighted by Gasteiger charge is 2.42. The van der Waals surface area contributed by atoms with E-state index in [0.717, 1.165) is 13.0 Å². The van der Waals surface area contributed by atoms with Crippen LogP contribution in [0.5, 0.6) is 0 Å². The highest BCUT2D eigenvalue weighted by Crippen LogP contribution is 2.34. The molecule has 20 heavy (non-hydrogen) atoms. The molecule has 0 aromatic rings. The molecule has 1 aliphatic heterocycles. The second-order valence-corrected chi connectivity index (χ2v) is 7.22. The molecular formula is C12H23F3N2O2S. The molecule has 0 aromatic heterocycles. The molecule has 0 amide bonds. The van der Waals surface area contributed by atoms with Gasteiger partial charge in [0.15, 0.2) is 0 Å². The van der Waals surface area contributed by atoms with Crippen LogP contribution in [0, 0.1) is 5.92 Å². The minimum absolute atomic E-state index is 0.000396. The number of piperidine rings is 1. The van der Waals surface area contributed by atoms with Gasteiger partial charge in [-0.15, -0.1) is 0 Å². The van der Waals surface area contributed by atoms with E-state index in [1.165, 1.54) is 4.31 Å². The van der Waals surface area contributed by atoms with E-state index >= 15 is 0 Å². The lowest BCUT2D eigenvalue weighted by Gasteiger charge is -2.32. The van der Waals surface area contributed by atoms with Crippen molar-refractivity contribution in [2.75, 3.05) is 31.9 Å². The fourth-order valence-electron chi connectivity index (χ4n) is 2.27. The molecule has 8 heteroatoms. The molecule has 0 unspecified atom stereocenters. The Balaban J connectivity index is 2.35. The molecule has 1 N–H and O–H groups in total. The predicted octanol–water partition coefficient (Wildman–Crippen LogP) is 1.98. The van der Waals surface area contributed by atoms with E-state index in [1.54, 1.807) is 0 Å². The summed E-state index contributed by atoms with van der Waals surface area (Å²) in [5.41, 5.74) is 0. The molecule has 0 radical (unpaired) electrons. The first-order valence-electron chi connectivity index (χ1n) is 7.02. The van der Waals surface area contributed by atoms with Crippen molar-refractivity contribution < 1.29 is 21.6 Å². The van der Waals surface area contributed by atoms with Crippen molar-refractivity contribution in [3.05, 3.63) is 0 Å². The largest absolute Gasteiger partial charge is 0.391 e. The summed E-state index contributed by atoms with van der Waals surface area (Å²) in [5.74, 6) is -1.36. The fourth-order valence-corrected chi connectivity index (χ4v) is 3.81. The van der Waals surface area contributed by atoms with Crippen LogP contribution in [0.4, 0.5) is 13.2 Å². The minimum atomic E-state index is -4.21. The van der Waals surface area contributed by atoms with Gasteiger partial charge in [0.05, 0.1) is 11.7 Å². The summed E-state index contributed by atoms with van der Waals surface area (Å²) >= 11 is 0. The summed E-state index contributed by atoms with van der Waals surface area (Å²) in [6.45, 7) is 3.45. The molecule has 0 aliphatic carbocycles. The number of sulfonamides is 1. The van der Waals surface area contributed by atoms with Crippen LogP contribution in [-0.4, -0.2) is 50.8 Å². The van der Waals surface area contributed by atoms with Crippen molar-refractivity contribution in [1.29, 1.82) is 0 Å². The second kappa shape index (κ2) is 7.61. The Bertz CT molecular complexity index is 377. The van der Waals surface area contributed by atoms with Gasteiger partial charge in [-0.1, -0.05) is 6.92 Å². The van der Waals surface area contributed by atoms with E-state index in [-0.39, 0.29) is 31.7 Å². The summed E-state index contributed by atoms with van der Waals surface area (Å²) < 4.78 is 62.7. The second-order valence-electron chi connectivity index (χ2n) is 5.13. The maximum absolute atomic E-state index is 12.5. The van der Waals surface area contributed by atoms with Crippen molar-refractivity contribution in [2.45, 2.75) is 38.8 Å². The Morgan fingerprint density at radius 1 is 1.20 bits per heavy atom. The highest BCUT2D eigenvalue weighted by atomic mass is 32.2. The summed E-state index contributed by atoms with van der Waals surface area (Å²) in [6.07, 6.45) is -2.99. The molecule has 0 spiro atoms. The summed E-state index contributed by atoms with van der Waals surface area (Å²) in [4.78, 5) is 0. The van der Waals surface area contributed by atoms with Gasteiger partial charge in [-0.3, -0.25) is 0 Å². The minimum Gasteiger partial charge on any atom is -0.317 e. The molecule has 0 bridgehead atoms. The van der Waals surface area contributed by atoms with Crippen LogP contribution in [-0.2, 0) is 10.0 Å². The first kappa shape index (κ1) is 17.7. The number of alkyl halides is 3. The lowest BCUT2D eigenvalue weighted by Crippen LogP contribution is -2.43. The van der Waals surface area contributed by atoms with Crippen LogP contribution in [0.15, 0.2) is 0 Å². The van der Waals surface area contributed by atoms with Crippen molar-refractivity contribution in [3.63, 3.8) is 0 Å². The maximum atomic E-state index is 12.5. The average Bonchev–Trinajstić information content (AvgIpc) is 2.37. The molecule has 1 saturated heterocycles. The first-order chi connectivity index (χ1) is 9.27. The van der Waals surface area contributed by atoms with Gasteiger partial charge >= 0.3 is 6.18 Å². The fraction of sp³-hybridized carbons (Fsp3) is 1.00. The van der Waals surface area contributed by atoms with Gasteiger partial charge in [-0.05, 0) is 38.8 Å². The Hall–Kier alpha value is -0.340. The van der Waals surface area contributed by atoms with Crippen molar-refractivity contribution >= 4 is 10.0 Å². The van der Waals surface area contributed by atoms with Gasteiger partial charge in [0.2, 0.25) is 10.0 Å². The van der Waals surface area contributed by atoms with Crippen LogP contribution in [0.3, 0.4) is 0 Å². The molecule has 0 saturated carbocycles. The monoisotopic (exact) mass is 316 g/mol. The van der Waals surface area contributed by atoms with E-state index in [9.17, 15) is 21.6 Å². The lowest BCUT2D eigenvalue weighted by atomic mass is 9.98. The summed E-state index contributed by atoms with van der Waals surface area (Å²) in [5, 5.41) is 3.11. The van der Waals surface area contributed by atoms with Gasteiger partial charge in [0, 0.05) is 13.1 Å². The van der Waals surface area contributed by atoms with Gasteiger partial charge in [0.25, 0.3) is 0 Å². The SMILES string of the molecule is CCCNCCCS(=O)(=O)N1CCC(C(F)(F)F)CC1.